The normalized spacial score (nSPS) is 11.9. The molecule has 0 aromatic rings. The molecular formula is C10H22FNO2. The topological polar surface area (TPSA) is 63.3 Å². The molecule has 3 nitrogen and oxygen atoms in total. The number of rotatable bonds is 8. The Labute approximate surface area is 85.0 Å². The fraction of sp³-hybridized carbons (Fsp3) is 0.900. The van der Waals surface area contributed by atoms with E-state index >= 15 is 0 Å². The highest BCUT2D eigenvalue weighted by Crippen LogP contribution is 2.06. The van der Waals surface area contributed by atoms with Crippen LogP contribution < -0.4 is 5.73 Å². The van der Waals surface area contributed by atoms with Gasteiger partial charge in [0.05, 0.1) is 0 Å². The molecule has 1 atom stereocenters. The first-order valence-electron chi connectivity index (χ1n) is 5.13. The molecule has 14 heavy (non-hydrogen) atoms. The van der Waals surface area contributed by atoms with E-state index in [-0.39, 0.29) is 17.0 Å². The van der Waals surface area contributed by atoms with Crippen LogP contribution in [0.4, 0.5) is 4.70 Å². The molecule has 86 valence electrons. The lowest BCUT2D eigenvalue weighted by Gasteiger charge is -2.05. The molecule has 0 spiro atoms. The summed E-state index contributed by atoms with van der Waals surface area (Å²) < 4.78 is 0. The van der Waals surface area contributed by atoms with Crippen LogP contribution in [0.25, 0.3) is 0 Å². The highest BCUT2D eigenvalue weighted by Gasteiger charge is 2.11. The number of nitrogens with two attached hydrogens (primary N) is 1. The summed E-state index contributed by atoms with van der Waals surface area (Å²) in [5, 5.41) is 9.05. The van der Waals surface area contributed by atoms with E-state index in [0.717, 1.165) is 12.8 Å². The predicted molar refractivity (Wildman–Crippen MR) is 55.9 cm³/mol. The van der Waals surface area contributed by atoms with Crippen LogP contribution in [0.3, 0.4) is 0 Å². The van der Waals surface area contributed by atoms with Gasteiger partial charge < -0.3 is 10.8 Å². The minimum absolute atomic E-state index is 0. The van der Waals surface area contributed by atoms with E-state index in [4.69, 9.17) is 10.8 Å². The molecule has 0 heterocycles. The number of carbonyl (C=O) groups is 1. The highest BCUT2D eigenvalue weighted by atomic mass is 19.0. The summed E-state index contributed by atoms with van der Waals surface area (Å²) in [5.74, 6) is -0.112. The maximum absolute atomic E-state index is 11.1. The van der Waals surface area contributed by atoms with E-state index in [2.05, 4.69) is 6.92 Å². The zero-order chi connectivity index (χ0) is 10.1. The summed E-state index contributed by atoms with van der Waals surface area (Å²) in [7, 11) is 0. The van der Waals surface area contributed by atoms with Crippen LogP contribution in [0.1, 0.15) is 45.4 Å². The third-order valence-corrected chi connectivity index (χ3v) is 2.12. The van der Waals surface area contributed by atoms with E-state index in [1.54, 1.807) is 0 Å². The van der Waals surface area contributed by atoms with E-state index in [0.29, 0.717) is 6.42 Å². The third-order valence-electron chi connectivity index (χ3n) is 2.12. The van der Waals surface area contributed by atoms with Crippen molar-refractivity contribution >= 4 is 5.78 Å². The van der Waals surface area contributed by atoms with Crippen molar-refractivity contribution in [1.29, 1.82) is 0 Å². The predicted octanol–water partition coefficient (Wildman–Crippen LogP) is 1.39. The lowest BCUT2D eigenvalue weighted by atomic mass is 10.1. The molecule has 0 rings (SSSR count). The second-order valence-electron chi connectivity index (χ2n) is 3.38. The average molecular weight is 207 g/mol. The molecule has 0 aliphatic rings. The van der Waals surface area contributed by atoms with E-state index < -0.39 is 6.10 Å². The molecule has 0 saturated heterocycles. The van der Waals surface area contributed by atoms with Gasteiger partial charge in [-0.25, -0.2) is 0 Å². The molecule has 0 fully saturated rings. The van der Waals surface area contributed by atoms with Gasteiger partial charge in [0, 0.05) is 13.0 Å². The van der Waals surface area contributed by atoms with Gasteiger partial charge in [0.15, 0.2) is 5.78 Å². The Bertz CT molecular complexity index is 142. The molecule has 0 aromatic carbocycles. The summed E-state index contributed by atoms with van der Waals surface area (Å²) in [6.45, 7) is 2.21. The van der Waals surface area contributed by atoms with Gasteiger partial charge in [-0.15, -0.1) is 0 Å². The van der Waals surface area contributed by atoms with Crippen LogP contribution >= 0.6 is 0 Å². The van der Waals surface area contributed by atoms with Gasteiger partial charge in [-0.1, -0.05) is 32.6 Å². The van der Waals surface area contributed by atoms with Crippen molar-refractivity contribution in [1.82, 2.24) is 0 Å². The summed E-state index contributed by atoms with van der Waals surface area (Å²) in [6, 6.07) is 0. The number of Topliss-reactive ketones (excluding diaryl/α,β-unsaturated/α-hetero) is 1. The van der Waals surface area contributed by atoms with Crippen LogP contribution in [0.5, 0.6) is 0 Å². The Morgan fingerprint density at radius 2 is 1.86 bits per heavy atom. The molecule has 3 N–H and O–H groups in total. The average Bonchev–Trinajstić information content (AvgIpc) is 2.16. The number of halogens is 1. The number of hydrogen-bond acceptors (Lipinski definition) is 3. The first-order chi connectivity index (χ1) is 6.22. The number of carbonyl (C=O) groups excluding carboxylic acids is 1. The second-order valence-corrected chi connectivity index (χ2v) is 3.38. The van der Waals surface area contributed by atoms with Crippen LogP contribution in [0.2, 0.25) is 0 Å². The lowest BCUT2D eigenvalue weighted by Crippen LogP contribution is -2.28. The molecular weight excluding hydrogens is 185 g/mol. The summed E-state index contributed by atoms with van der Waals surface area (Å²) >= 11 is 0. The molecule has 0 aliphatic carbocycles. The highest BCUT2D eigenvalue weighted by molar-refractivity contribution is 5.82. The quantitative estimate of drug-likeness (QED) is 0.591. The van der Waals surface area contributed by atoms with Crippen molar-refractivity contribution in [2.75, 3.05) is 6.54 Å². The van der Waals surface area contributed by atoms with Gasteiger partial charge in [0.1, 0.15) is 6.10 Å². The molecule has 0 aromatic heterocycles. The summed E-state index contributed by atoms with van der Waals surface area (Å²) in [5.41, 5.74) is 5.15. The molecule has 0 bridgehead atoms. The van der Waals surface area contributed by atoms with E-state index in [1.165, 1.54) is 19.3 Å². The van der Waals surface area contributed by atoms with Crippen molar-refractivity contribution in [3.05, 3.63) is 0 Å². The van der Waals surface area contributed by atoms with Crippen LogP contribution in [0.15, 0.2) is 0 Å². The minimum atomic E-state index is -0.939. The fourth-order valence-electron chi connectivity index (χ4n) is 1.20. The summed E-state index contributed by atoms with van der Waals surface area (Å²) in [4.78, 5) is 11.1. The Kier molecular flexibility index (Phi) is 12.1. The standard InChI is InChI=1S/C10H21NO2.FH/c1-2-3-4-5-6-7-9(12)10(13)8-11;/h10,13H,2-8,11H2,1H3;1H. The Hall–Kier alpha value is -0.480. The van der Waals surface area contributed by atoms with Crippen molar-refractivity contribution in [3.63, 3.8) is 0 Å². The number of aliphatic hydroxyl groups excluding tert-OH is 1. The largest absolute Gasteiger partial charge is 0.384 e. The second kappa shape index (κ2) is 10.6. The smallest absolute Gasteiger partial charge is 0.162 e. The SMILES string of the molecule is CCCCCCCC(=O)C(O)CN.F. The van der Waals surface area contributed by atoms with Crippen molar-refractivity contribution in [2.24, 2.45) is 5.73 Å². The van der Waals surface area contributed by atoms with Gasteiger partial charge in [0.25, 0.3) is 0 Å². The number of ketones is 1. The van der Waals surface area contributed by atoms with Gasteiger partial charge in [-0.2, -0.15) is 0 Å². The Morgan fingerprint density at radius 3 is 2.36 bits per heavy atom. The van der Waals surface area contributed by atoms with E-state index in [9.17, 15) is 4.79 Å². The van der Waals surface area contributed by atoms with Crippen LogP contribution in [0, 0.1) is 0 Å². The van der Waals surface area contributed by atoms with Crippen LogP contribution in [-0.4, -0.2) is 23.5 Å². The minimum Gasteiger partial charge on any atom is -0.384 e. The van der Waals surface area contributed by atoms with Crippen molar-refractivity contribution < 1.29 is 14.6 Å². The lowest BCUT2D eigenvalue weighted by molar-refractivity contribution is -0.126. The number of unbranched alkanes of at least 4 members (excludes halogenated alkanes) is 4. The first-order valence-corrected chi connectivity index (χ1v) is 5.13. The van der Waals surface area contributed by atoms with Crippen molar-refractivity contribution in [3.8, 4) is 0 Å². The maximum Gasteiger partial charge on any atom is 0.162 e. The van der Waals surface area contributed by atoms with Crippen molar-refractivity contribution in [2.45, 2.75) is 51.6 Å². The molecule has 0 amide bonds. The monoisotopic (exact) mass is 207 g/mol. The molecule has 1 unspecified atom stereocenters. The molecule has 0 aliphatic heterocycles. The first kappa shape index (κ1) is 16.0. The molecule has 0 radical (unpaired) electrons. The zero-order valence-corrected chi connectivity index (χ0v) is 8.87. The molecule has 0 saturated carbocycles. The summed E-state index contributed by atoms with van der Waals surface area (Å²) in [6.07, 6.45) is 5.12. The van der Waals surface area contributed by atoms with Gasteiger partial charge in [0.2, 0.25) is 0 Å². The Balaban J connectivity index is 0. The fourth-order valence-corrected chi connectivity index (χ4v) is 1.20. The number of aliphatic hydroxyl groups is 1. The van der Waals surface area contributed by atoms with Gasteiger partial charge in [-0.3, -0.25) is 9.50 Å². The van der Waals surface area contributed by atoms with E-state index in [1.807, 2.05) is 0 Å². The van der Waals surface area contributed by atoms with Crippen LogP contribution in [-0.2, 0) is 4.79 Å². The van der Waals surface area contributed by atoms with Gasteiger partial charge >= 0.3 is 0 Å². The number of hydrogen-bond donors (Lipinski definition) is 2. The molecule has 4 heteroatoms. The zero-order valence-electron chi connectivity index (χ0n) is 8.87. The Morgan fingerprint density at radius 1 is 1.29 bits per heavy atom. The van der Waals surface area contributed by atoms with Gasteiger partial charge in [-0.05, 0) is 6.42 Å². The third kappa shape index (κ3) is 8.13. The maximum atomic E-state index is 11.1.